The number of benzene rings is 4. The van der Waals surface area contributed by atoms with Crippen molar-refractivity contribution in [1.29, 1.82) is 0 Å². The molecule has 0 amide bonds. The zero-order valence-corrected chi connectivity index (χ0v) is 39.4. The molecule has 5 aromatic rings. The van der Waals surface area contributed by atoms with Crippen molar-refractivity contribution in [3.05, 3.63) is 113 Å². The highest BCUT2D eigenvalue weighted by atomic mass is 19.1. The van der Waals surface area contributed by atoms with Crippen LogP contribution in [0.5, 0.6) is 11.5 Å². The first kappa shape index (κ1) is 42.1. The molecule has 0 spiro atoms. The molecule has 8 aliphatic rings. The number of halogens is 2. The molecule has 64 heavy (non-hydrogen) atoms. The highest BCUT2D eigenvalue weighted by Gasteiger charge is 2.62. The van der Waals surface area contributed by atoms with Gasteiger partial charge in [-0.1, -0.05) is 85.7 Å². The summed E-state index contributed by atoms with van der Waals surface area (Å²) in [6, 6.07) is 24.9. The predicted octanol–water partition coefficient (Wildman–Crippen LogP) is 16.2. The van der Waals surface area contributed by atoms with Crippen LogP contribution >= 0.6 is 0 Å². The lowest BCUT2D eigenvalue weighted by Crippen LogP contribution is -2.56. The maximum Gasteiger partial charge on any atom is 0.127 e. The molecule has 5 heteroatoms. The normalized spacial score (nSPS) is 33.5. The molecule has 1 aromatic heterocycles. The fourth-order valence-electron chi connectivity index (χ4n) is 17.4. The Kier molecular flexibility index (Phi) is 9.22. The summed E-state index contributed by atoms with van der Waals surface area (Å²) in [6.45, 7) is 18.4. The molecule has 4 unspecified atom stereocenters. The van der Waals surface area contributed by atoms with Crippen LogP contribution in [-0.4, -0.2) is 15.2 Å². The van der Waals surface area contributed by atoms with Crippen molar-refractivity contribution < 1.29 is 19.0 Å². The molecular formula is C59H67F2NO2. The van der Waals surface area contributed by atoms with Crippen molar-refractivity contribution in [3.63, 3.8) is 0 Å². The number of pyridine rings is 1. The molecule has 8 aliphatic carbocycles. The van der Waals surface area contributed by atoms with E-state index in [0.717, 1.165) is 83.0 Å². The highest BCUT2D eigenvalue weighted by molar-refractivity contribution is 5.89. The zero-order valence-electron chi connectivity index (χ0n) is 39.4. The molecule has 8 fully saturated rings. The Balaban J connectivity index is 1.05. The van der Waals surface area contributed by atoms with Crippen molar-refractivity contribution in [2.75, 3.05) is 0 Å². The fraction of sp³-hybridized carbons (Fsp3) is 0.508. The minimum Gasteiger partial charge on any atom is -0.507 e. The number of phenols is 2. The van der Waals surface area contributed by atoms with E-state index in [1.165, 1.54) is 50.7 Å². The number of rotatable bonds is 8. The standard InChI is InChI=1S/C59H67F2NO2/c1-34(2)38-12-14-42(46-18-40(60)20-48(52(46)63)58-26-36-22-54(5,30-58)28-55(6,23-36)31-58)44(16-38)50-10-9-11-51(62-50)45-17-39(35(3)4)13-15-43(45)47-19-41(61)21-49(53(47)64)59-27-37-24-56(7,32-59)29-57(8,25-37)33-59/h9-21,34-37,63-64H,22-33H2,1-8H3/t36?,37?,54-,55+,56-,57+,58?,59?. The Labute approximate surface area is 380 Å². The number of aromatic nitrogens is 1. The topological polar surface area (TPSA) is 53.4 Å². The van der Waals surface area contributed by atoms with E-state index in [0.29, 0.717) is 34.4 Å². The summed E-state index contributed by atoms with van der Waals surface area (Å²) in [4.78, 5) is 5.43. The molecule has 13 rings (SSSR count). The maximum absolute atomic E-state index is 16.3. The van der Waals surface area contributed by atoms with Gasteiger partial charge in [0.2, 0.25) is 0 Å². The van der Waals surface area contributed by atoms with Gasteiger partial charge in [0, 0.05) is 44.2 Å². The van der Waals surface area contributed by atoms with Gasteiger partial charge in [0.1, 0.15) is 23.1 Å². The lowest BCUT2D eigenvalue weighted by molar-refractivity contribution is -0.110. The van der Waals surface area contributed by atoms with Gasteiger partial charge in [-0.3, -0.25) is 0 Å². The van der Waals surface area contributed by atoms with Crippen LogP contribution in [0.4, 0.5) is 8.78 Å². The lowest BCUT2D eigenvalue weighted by Gasteiger charge is -2.65. The summed E-state index contributed by atoms with van der Waals surface area (Å²) in [5, 5.41) is 25.1. The van der Waals surface area contributed by atoms with Gasteiger partial charge in [-0.05, 0) is 193 Å². The van der Waals surface area contributed by atoms with Gasteiger partial charge in [-0.25, -0.2) is 13.8 Å². The third-order valence-corrected chi connectivity index (χ3v) is 17.8. The Morgan fingerprint density at radius 3 is 1.19 bits per heavy atom. The van der Waals surface area contributed by atoms with Crippen molar-refractivity contribution in [2.24, 2.45) is 33.5 Å². The Morgan fingerprint density at radius 1 is 0.469 bits per heavy atom. The van der Waals surface area contributed by atoms with E-state index < -0.39 is 0 Å². The average molecular weight is 860 g/mol. The van der Waals surface area contributed by atoms with E-state index in [1.807, 2.05) is 30.3 Å². The molecule has 0 aliphatic heterocycles. The molecule has 1 heterocycles. The SMILES string of the molecule is CC(C)c1ccc(-c2cc(F)cc(C34CC5C[C@@](C)(C3)C[C@](C)(C5)C4)c2O)c(-c2cccc(-c3cc(C(C)C)ccc3-c3cc(F)cc(C45CC6C[C@@](C)(C4)C[C@](C)(C6)C5)c3O)n2)c1. The summed E-state index contributed by atoms with van der Waals surface area (Å²) < 4.78 is 32.5. The molecule has 8 saturated carbocycles. The smallest absolute Gasteiger partial charge is 0.127 e. The molecule has 2 N–H and O–H groups in total. The second-order valence-corrected chi connectivity index (χ2v) is 24.8. The van der Waals surface area contributed by atoms with Crippen molar-refractivity contribution >= 4 is 0 Å². The molecule has 334 valence electrons. The van der Waals surface area contributed by atoms with Gasteiger partial charge in [0.15, 0.2) is 0 Å². The van der Waals surface area contributed by atoms with Gasteiger partial charge >= 0.3 is 0 Å². The van der Waals surface area contributed by atoms with Gasteiger partial charge in [0.05, 0.1) is 11.4 Å². The molecule has 4 aromatic carbocycles. The van der Waals surface area contributed by atoms with Crippen molar-refractivity contribution in [2.45, 2.75) is 155 Å². The van der Waals surface area contributed by atoms with E-state index >= 15 is 8.78 Å². The first-order chi connectivity index (χ1) is 30.2. The largest absolute Gasteiger partial charge is 0.507 e. The van der Waals surface area contributed by atoms with Crippen LogP contribution in [0.1, 0.15) is 167 Å². The van der Waals surface area contributed by atoms with Crippen LogP contribution in [0.3, 0.4) is 0 Å². The lowest BCUT2D eigenvalue weighted by atomic mass is 9.39. The molecular weight excluding hydrogens is 793 g/mol. The molecule has 3 nitrogen and oxygen atoms in total. The van der Waals surface area contributed by atoms with E-state index in [-0.39, 0.29) is 67.5 Å². The summed E-state index contributed by atoms with van der Waals surface area (Å²) >= 11 is 0. The number of phenolic OH excluding ortho intramolecular Hbond substituents is 2. The number of aromatic hydroxyl groups is 2. The zero-order chi connectivity index (χ0) is 44.9. The first-order valence-corrected chi connectivity index (χ1v) is 24.5. The third kappa shape index (κ3) is 6.70. The molecule has 8 bridgehead atoms. The molecule has 0 saturated heterocycles. The Morgan fingerprint density at radius 2 is 0.844 bits per heavy atom. The minimum atomic E-state index is -0.324. The Hall–Kier alpha value is -4.51. The quantitative estimate of drug-likeness (QED) is 0.163. The van der Waals surface area contributed by atoms with Crippen LogP contribution in [0, 0.1) is 45.1 Å². The van der Waals surface area contributed by atoms with Crippen molar-refractivity contribution in [3.8, 4) is 56.3 Å². The fourth-order valence-corrected chi connectivity index (χ4v) is 17.4. The number of hydrogen-bond acceptors (Lipinski definition) is 3. The summed E-state index contributed by atoms with van der Waals surface area (Å²) in [5.41, 5.74) is 9.61. The van der Waals surface area contributed by atoms with Crippen LogP contribution in [0.2, 0.25) is 0 Å². The van der Waals surface area contributed by atoms with Crippen LogP contribution < -0.4 is 0 Å². The highest BCUT2D eigenvalue weighted by Crippen LogP contribution is 2.72. The van der Waals surface area contributed by atoms with E-state index in [9.17, 15) is 10.2 Å². The molecule has 8 atom stereocenters. The van der Waals surface area contributed by atoms with E-state index in [2.05, 4.69) is 79.7 Å². The summed E-state index contributed by atoms with van der Waals surface area (Å²) in [5.74, 6) is 1.36. The van der Waals surface area contributed by atoms with Gasteiger partial charge in [-0.15, -0.1) is 0 Å². The van der Waals surface area contributed by atoms with Gasteiger partial charge in [-0.2, -0.15) is 0 Å². The van der Waals surface area contributed by atoms with Crippen molar-refractivity contribution in [1.82, 2.24) is 4.98 Å². The average Bonchev–Trinajstić information content (AvgIpc) is 3.19. The minimum absolute atomic E-state index is 0.191. The number of nitrogens with zero attached hydrogens (tertiary/aromatic N) is 1. The monoisotopic (exact) mass is 860 g/mol. The van der Waals surface area contributed by atoms with Crippen LogP contribution in [0.15, 0.2) is 78.9 Å². The summed E-state index contributed by atoms with van der Waals surface area (Å²) in [6.07, 6.45) is 13.2. The van der Waals surface area contributed by atoms with Gasteiger partial charge < -0.3 is 10.2 Å². The van der Waals surface area contributed by atoms with Crippen LogP contribution in [0.25, 0.3) is 44.8 Å². The Bertz CT molecular complexity index is 2530. The number of hydrogen-bond donors (Lipinski definition) is 2. The van der Waals surface area contributed by atoms with E-state index in [4.69, 9.17) is 4.98 Å². The second kappa shape index (κ2) is 14.0. The van der Waals surface area contributed by atoms with Crippen LogP contribution in [-0.2, 0) is 10.8 Å². The third-order valence-electron chi connectivity index (χ3n) is 17.8. The summed E-state index contributed by atoms with van der Waals surface area (Å²) in [7, 11) is 0. The van der Waals surface area contributed by atoms with E-state index in [1.54, 1.807) is 12.1 Å². The second-order valence-electron chi connectivity index (χ2n) is 24.8. The molecule has 0 radical (unpaired) electrons. The first-order valence-electron chi connectivity index (χ1n) is 24.5. The van der Waals surface area contributed by atoms with Gasteiger partial charge in [0.25, 0.3) is 0 Å². The predicted molar refractivity (Wildman–Crippen MR) is 256 cm³/mol. The maximum atomic E-state index is 16.3.